The maximum absolute atomic E-state index is 13.7. The van der Waals surface area contributed by atoms with Crippen LogP contribution in [0.15, 0.2) is 18.2 Å². The van der Waals surface area contributed by atoms with Gasteiger partial charge in [0.15, 0.2) is 0 Å². The number of nitrogens with two attached hydrogens (primary N) is 1. The summed E-state index contributed by atoms with van der Waals surface area (Å²) in [5.74, 6) is 5.23. The van der Waals surface area contributed by atoms with E-state index in [1.54, 1.807) is 6.07 Å². The van der Waals surface area contributed by atoms with Crippen molar-refractivity contribution >= 4 is 28.2 Å². The first kappa shape index (κ1) is 12.1. The lowest BCUT2D eigenvalue weighted by molar-refractivity contribution is 0.635. The van der Waals surface area contributed by atoms with Gasteiger partial charge in [-0.05, 0) is 24.1 Å². The summed E-state index contributed by atoms with van der Waals surface area (Å²) in [7, 11) is 0. The summed E-state index contributed by atoms with van der Waals surface area (Å²) in [6.07, 6.45) is 0. The average Bonchev–Trinajstić information content (AvgIpc) is 2.32. The number of halogens is 2. The molecule has 0 saturated heterocycles. The van der Waals surface area contributed by atoms with Crippen molar-refractivity contribution in [1.29, 1.82) is 0 Å². The molecule has 1 heterocycles. The first-order valence-electron chi connectivity index (χ1n) is 5.30. The molecule has 0 radical (unpaired) electrons. The van der Waals surface area contributed by atoms with Crippen molar-refractivity contribution in [1.82, 2.24) is 4.98 Å². The first-order chi connectivity index (χ1) is 8.04. The molecule has 0 fully saturated rings. The molecule has 0 aliphatic carbocycles. The number of hydrazine groups is 1. The number of nitrogens with zero attached hydrogens (tertiary/aromatic N) is 1. The van der Waals surface area contributed by atoms with Crippen LogP contribution in [-0.4, -0.2) is 4.98 Å². The van der Waals surface area contributed by atoms with E-state index in [0.717, 1.165) is 5.69 Å². The van der Waals surface area contributed by atoms with Crippen LogP contribution in [-0.2, 0) is 0 Å². The van der Waals surface area contributed by atoms with Gasteiger partial charge in [0.25, 0.3) is 0 Å². The molecule has 17 heavy (non-hydrogen) atoms. The third-order valence-electron chi connectivity index (χ3n) is 2.63. The Hall–Kier alpha value is -1.39. The van der Waals surface area contributed by atoms with Crippen LogP contribution in [0, 0.1) is 5.82 Å². The topological polar surface area (TPSA) is 50.9 Å². The Kier molecular flexibility index (Phi) is 3.17. The van der Waals surface area contributed by atoms with E-state index >= 15 is 0 Å². The van der Waals surface area contributed by atoms with Crippen molar-refractivity contribution < 1.29 is 4.39 Å². The van der Waals surface area contributed by atoms with Gasteiger partial charge in [-0.15, -0.1) is 0 Å². The van der Waals surface area contributed by atoms with Crippen molar-refractivity contribution in [2.45, 2.75) is 19.8 Å². The van der Waals surface area contributed by atoms with Crippen LogP contribution in [0.3, 0.4) is 0 Å². The largest absolute Gasteiger partial charge is 0.323 e. The smallest absolute Gasteiger partial charge is 0.149 e. The predicted molar refractivity (Wildman–Crippen MR) is 68.6 cm³/mol. The molecule has 3 nitrogen and oxygen atoms in total. The van der Waals surface area contributed by atoms with E-state index in [2.05, 4.69) is 10.4 Å². The van der Waals surface area contributed by atoms with Gasteiger partial charge in [-0.1, -0.05) is 25.4 Å². The van der Waals surface area contributed by atoms with Crippen LogP contribution in [0.5, 0.6) is 0 Å². The number of hydrogen-bond donors (Lipinski definition) is 2. The maximum Gasteiger partial charge on any atom is 0.149 e. The highest BCUT2D eigenvalue weighted by molar-refractivity contribution is 6.36. The number of anilines is 1. The molecule has 0 bridgehead atoms. The second-order valence-electron chi connectivity index (χ2n) is 4.15. The van der Waals surface area contributed by atoms with Gasteiger partial charge >= 0.3 is 0 Å². The predicted octanol–water partition coefficient (Wildman–Crippen LogP) is 3.44. The molecular formula is C12H13ClFN3. The molecule has 90 valence electrons. The zero-order chi connectivity index (χ0) is 12.6. The minimum Gasteiger partial charge on any atom is -0.323 e. The molecule has 3 N–H and O–H groups in total. The van der Waals surface area contributed by atoms with Crippen LogP contribution in [0.25, 0.3) is 10.9 Å². The Labute approximate surface area is 104 Å². The van der Waals surface area contributed by atoms with Crippen LogP contribution in [0.4, 0.5) is 10.1 Å². The molecule has 0 atom stereocenters. The Morgan fingerprint density at radius 1 is 1.41 bits per heavy atom. The van der Waals surface area contributed by atoms with Crippen LogP contribution in [0.2, 0.25) is 5.02 Å². The Morgan fingerprint density at radius 3 is 2.71 bits per heavy atom. The molecule has 0 spiro atoms. The average molecular weight is 254 g/mol. The van der Waals surface area contributed by atoms with E-state index in [0.29, 0.717) is 16.1 Å². The normalized spacial score (nSPS) is 11.2. The molecule has 5 heteroatoms. The number of pyridine rings is 1. The number of rotatable bonds is 2. The molecule has 0 amide bonds. The lowest BCUT2D eigenvalue weighted by Crippen LogP contribution is -2.09. The zero-order valence-corrected chi connectivity index (χ0v) is 10.3. The van der Waals surface area contributed by atoms with E-state index in [1.807, 2.05) is 13.8 Å². The van der Waals surface area contributed by atoms with Gasteiger partial charge in [-0.2, -0.15) is 0 Å². The molecule has 2 rings (SSSR count). The van der Waals surface area contributed by atoms with Crippen LogP contribution < -0.4 is 11.3 Å². The number of hydrogen-bond acceptors (Lipinski definition) is 3. The van der Waals surface area contributed by atoms with E-state index in [1.165, 1.54) is 12.1 Å². The first-order valence-corrected chi connectivity index (χ1v) is 5.67. The van der Waals surface area contributed by atoms with Gasteiger partial charge < -0.3 is 5.43 Å². The number of nitrogens with one attached hydrogen (secondary N) is 1. The summed E-state index contributed by atoms with van der Waals surface area (Å²) < 4.78 is 13.7. The summed E-state index contributed by atoms with van der Waals surface area (Å²) in [6.45, 7) is 3.97. The molecule has 0 unspecified atom stereocenters. The van der Waals surface area contributed by atoms with Crippen molar-refractivity contribution in [3.05, 3.63) is 34.7 Å². The highest BCUT2D eigenvalue weighted by Gasteiger charge is 2.13. The van der Waals surface area contributed by atoms with Crippen molar-refractivity contribution in [3.63, 3.8) is 0 Å². The van der Waals surface area contributed by atoms with Crippen molar-refractivity contribution in [3.8, 4) is 0 Å². The highest BCUT2D eigenvalue weighted by atomic mass is 35.5. The SMILES string of the molecule is CC(C)c1cc(NN)c2c(Cl)ccc(F)c2n1. The number of fused-ring (bicyclic) bond motifs is 1. The van der Waals surface area contributed by atoms with Crippen molar-refractivity contribution in [2.24, 2.45) is 5.84 Å². The summed E-state index contributed by atoms with van der Waals surface area (Å²) in [6, 6.07) is 4.59. The van der Waals surface area contributed by atoms with Crippen LogP contribution in [0.1, 0.15) is 25.5 Å². The Balaban J connectivity index is 2.87. The third-order valence-corrected chi connectivity index (χ3v) is 2.94. The molecule has 0 aliphatic heterocycles. The summed E-state index contributed by atoms with van der Waals surface area (Å²) in [5, 5.41) is 0.940. The lowest BCUT2D eigenvalue weighted by atomic mass is 10.1. The zero-order valence-electron chi connectivity index (χ0n) is 9.59. The van der Waals surface area contributed by atoms with E-state index in [4.69, 9.17) is 17.4 Å². The minimum absolute atomic E-state index is 0.185. The van der Waals surface area contributed by atoms with Gasteiger partial charge in [0.1, 0.15) is 11.3 Å². The summed E-state index contributed by atoms with van der Waals surface area (Å²) in [4.78, 5) is 4.29. The Morgan fingerprint density at radius 2 is 2.12 bits per heavy atom. The van der Waals surface area contributed by atoms with Gasteiger partial charge in [-0.3, -0.25) is 5.84 Å². The fraction of sp³-hybridized carbons (Fsp3) is 0.250. The summed E-state index contributed by atoms with van der Waals surface area (Å²) in [5.41, 5.74) is 4.15. The van der Waals surface area contributed by atoms with Crippen LogP contribution >= 0.6 is 11.6 Å². The second-order valence-corrected chi connectivity index (χ2v) is 4.55. The monoisotopic (exact) mass is 253 g/mol. The van der Waals surface area contributed by atoms with E-state index < -0.39 is 5.82 Å². The van der Waals surface area contributed by atoms with Gasteiger partial charge in [-0.25, -0.2) is 9.37 Å². The fourth-order valence-corrected chi connectivity index (χ4v) is 1.95. The van der Waals surface area contributed by atoms with E-state index in [9.17, 15) is 4.39 Å². The standard InChI is InChI=1S/C12H13ClFN3/c1-6(2)9-5-10(17-15)11-7(13)3-4-8(14)12(11)16-9/h3-6H,15H2,1-2H3,(H,16,17). The number of nitrogen functional groups attached to an aromatic ring is 1. The highest BCUT2D eigenvalue weighted by Crippen LogP contribution is 2.32. The number of benzene rings is 1. The summed E-state index contributed by atoms with van der Waals surface area (Å²) >= 11 is 6.04. The van der Waals surface area contributed by atoms with Crippen molar-refractivity contribution in [2.75, 3.05) is 5.43 Å². The fourth-order valence-electron chi connectivity index (χ4n) is 1.70. The second kappa shape index (κ2) is 4.47. The van der Waals surface area contributed by atoms with Gasteiger partial charge in [0.2, 0.25) is 0 Å². The molecule has 0 saturated carbocycles. The Bertz CT molecular complexity index is 569. The third kappa shape index (κ3) is 2.06. The lowest BCUT2D eigenvalue weighted by Gasteiger charge is -2.12. The quantitative estimate of drug-likeness (QED) is 0.637. The van der Waals surface area contributed by atoms with Gasteiger partial charge in [0, 0.05) is 11.1 Å². The van der Waals surface area contributed by atoms with E-state index in [-0.39, 0.29) is 11.4 Å². The molecule has 1 aromatic carbocycles. The molecule has 1 aromatic heterocycles. The molecule has 2 aromatic rings. The molecular weight excluding hydrogens is 241 g/mol. The molecule has 0 aliphatic rings. The minimum atomic E-state index is -0.400. The maximum atomic E-state index is 13.7. The number of aromatic nitrogens is 1. The van der Waals surface area contributed by atoms with Gasteiger partial charge in [0.05, 0.1) is 10.7 Å².